The number of aliphatic carboxylic acids is 1. The van der Waals surface area contributed by atoms with Crippen molar-refractivity contribution in [3.63, 3.8) is 0 Å². The summed E-state index contributed by atoms with van der Waals surface area (Å²) in [6.45, 7) is 2.07. The molecule has 6 N–H and O–H groups in total. The van der Waals surface area contributed by atoms with Crippen LogP contribution in [0, 0.1) is 5.92 Å². The highest BCUT2D eigenvalue weighted by molar-refractivity contribution is 5.89. The van der Waals surface area contributed by atoms with Gasteiger partial charge in [-0.25, -0.2) is 9.59 Å². The Hall–Kier alpha value is -2.85. The Bertz CT molecular complexity index is 875. The lowest BCUT2D eigenvalue weighted by Gasteiger charge is -2.32. The number of fused-ring (bicyclic) bond motifs is 13. The molecule has 1 aromatic carbocycles. The van der Waals surface area contributed by atoms with Crippen LogP contribution in [0.2, 0.25) is 0 Å². The lowest BCUT2D eigenvalue weighted by Crippen LogP contribution is -2.56. The maximum absolute atomic E-state index is 13.6. The summed E-state index contributed by atoms with van der Waals surface area (Å²) in [6, 6.07) is 4.70. The molecule has 0 radical (unpaired) electrons. The van der Waals surface area contributed by atoms with Crippen molar-refractivity contribution in [2.45, 2.75) is 88.8 Å². The number of hydrogen-bond acceptors (Lipinski definition) is 6. The van der Waals surface area contributed by atoms with Crippen LogP contribution in [0.25, 0.3) is 0 Å². The molecule has 0 unspecified atom stereocenters. The number of unbranched alkanes of at least 4 members (excludes halogenated alkanes) is 1. The number of hydrogen-bond donors (Lipinski definition) is 5. The second kappa shape index (κ2) is 16.2. The van der Waals surface area contributed by atoms with Gasteiger partial charge in [0.1, 0.15) is 17.8 Å². The van der Waals surface area contributed by atoms with Crippen molar-refractivity contribution in [1.82, 2.24) is 16.0 Å². The normalized spacial score (nSPS) is 22.6. The molecule has 3 amide bonds. The van der Waals surface area contributed by atoms with Gasteiger partial charge in [-0.05, 0) is 75.1 Å². The smallest absolute Gasteiger partial charge is 0.326 e. The Morgan fingerprint density at radius 1 is 1.05 bits per heavy atom. The van der Waals surface area contributed by atoms with Crippen molar-refractivity contribution in [1.29, 1.82) is 0 Å². The molecule has 3 aliphatic rings. The highest BCUT2D eigenvalue weighted by Gasteiger charge is 2.30. The van der Waals surface area contributed by atoms with Gasteiger partial charge in [-0.2, -0.15) is 0 Å². The SMILES string of the molecule is NCCCC[C@H](NC(=O)N[C@@H]1Cc2ccc(cc2)OCCCCOC[C@H](C2CCCCC2)NC1=O)C(=O)O. The van der Waals surface area contributed by atoms with E-state index in [2.05, 4.69) is 16.0 Å². The Balaban J connectivity index is 1.75. The Morgan fingerprint density at radius 3 is 2.50 bits per heavy atom. The van der Waals surface area contributed by atoms with Gasteiger partial charge in [0.05, 0.1) is 19.3 Å². The highest BCUT2D eigenvalue weighted by Crippen LogP contribution is 2.27. The maximum Gasteiger partial charge on any atom is 0.326 e. The molecule has 3 atom stereocenters. The molecule has 0 saturated heterocycles. The van der Waals surface area contributed by atoms with E-state index < -0.39 is 24.1 Å². The van der Waals surface area contributed by atoms with Crippen LogP contribution in [0.1, 0.15) is 69.8 Å². The van der Waals surface area contributed by atoms with E-state index in [1.165, 1.54) is 6.42 Å². The molecule has 212 valence electrons. The van der Waals surface area contributed by atoms with E-state index in [1.807, 2.05) is 24.3 Å². The summed E-state index contributed by atoms with van der Waals surface area (Å²) in [6.07, 6.45) is 9.04. The zero-order valence-electron chi connectivity index (χ0n) is 22.3. The molecule has 2 aliphatic heterocycles. The van der Waals surface area contributed by atoms with Crippen molar-refractivity contribution < 1.29 is 29.0 Å². The fourth-order valence-corrected chi connectivity index (χ4v) is 5.10. The number of carbonyl (C=O) groups excluding carboxylic acids is 2. The summed E-state index contributed by atoms with van der Waals surface area (Å²) in [4.78, 5) is 38.1. The molecule has 1 aromatic rings. The third-order valence-electron chi connectivity index (χ3n) is 7.33. The highest BCUT2D eigenvalue weighted by atomic mass is 16.5. The van der Waals surface area contributed by atoms with Gasteiger partial charge in [0, 0.05) is 13.0 Å². The van der Waals surface area contributed by atoms with Crippen LogP contribution < -0.4 is 26.4 Å². The molecule has 0 aromatic heterocycles. The molecule has 0 spiro atoms. The maximum atomic E-state index is 13.6. The number of nitrogens with one attached hydrogen (secondary N) is 3. The van der Waals surface area contributed by atoms with Gasteiger partial charge in [-0.1, -0.05) is 31.4 Å². The van der Waals surface area contributed by atoms with Gasteiger partial charge in [0.15, 0.2) is 0 Å². The number of carboxylic acids is 1. The predicted molar refractivity (Wildman–Crippen MR) is 144 cm³/mol. The van der Waals surface area contributed by atoms with Crippen molar-refractivity contribution >= 4 is 17.9 Å². The minimum atomic E-state index is -1.12. The average Bonchev–Trinajstić information content (AvgIpc) is 2.91. The largest absolute Gasteiger partial charge is 0.494 e. The Morgan fingerprint density at radius 2 is 1.79 bits per heavy atom. The minimum Gasteiger partial charge on any atom is -0.494 e. The van der Waals surface area contributed by atoms with Crippen LogP contribution in [0.15, 0.2) is 24.3 Å². The van der Waals surface area contributed by atoms with Gasteiger partial charge >= 0.3 is 12.0 Å². The standard InChI is InChI=1S/C28H44N4O6/c29-15-5-4-10-23(27(34)35)31-28(36)32-24-18-20-11-13-22(14-12-20)38-17-7-6-16-37-19-25(30-26(24)33)21-8-2-1-3-9-21/h11-14,21,23-25H,1-10,15-19,29H2,(H,30,33)(H,34,35)(H2,31,32,36)/t23-,24+,25+/m0/s1. The zero-order valence-corrected chi connectivity index (χ0v) is 22.3. The van der Waals surface area contributed by atoms with Crippen LogP contribution >= 0.6 is 0 Å². The van der Waals surface area contributed by atoms with E-state index in [0.717, 1.165) is 49.8 Å². The molecule has 38 heavy (non-hydrogen) atoms. The first-order chi connectivity index (χ1) is 18.5. The number of benzene rings is 1. The van der Waals surface area contributed by atoms with Crippen LogP contribution in [0.3, 0.4) is 0 Å². The van der Waals surface area contributed by atoms with Gasteiger partial charge in [-0.15, -0.1) is 0 Å². The average molecular weight is 533 g/mol. The second-order valence-corrected chi connectivity index (χ2v) is 10.3. The molecule has 10 heteroatoms. The lowest BCUT2D eigenvalue weighted by molar-refractivity contribution is -0.139. The van der Waals surface area contributed by atoms with E-state index in [1.54, 1.807) is 0 Å². The van der Waals surface area contributed by atoms with Crippen molar-refractivity contribution in [2.75, 3.05) is 26.4 Å². The van der Waals surface area contributed by atoms with Gasteiger partial charge < -0.3 is 36.3 Å². The molecule has 1 saturated carbocycles. The summed E-state index contributed by atoms with van der Waals surface area (Å²) in [5.74, 6) is -0.360. The third kappa shape index (κ3) is 10.1. The summed E-state index contributed by atoms with van der Waals surface area (Å²) in [5.41, 5.74) is 6.36. The Labute approximate surface area is 225 Å². The first kappa shape index (κ1) is 29.7. The number of carboxylic acid groups (broad SMARTS) is 1. The molecule has 1 fully saturated rings. The van der Waals surface area contributed by atoms with E-state index >= 15 is 0 Å². The topological polar surface area (TPSA) is 152 Å². The lowest BCUT2D eigenvalue weighted by atomic mass is 9.84. The van der Waals surface area contributed by atoms with E-state index in [9.17, 15) is 19.5 Å². The van der Waals surface area contributed by atoms with Gasteiger partial charge in [0.2, 0.25) is 5.91 Å². The monoisotopic (exact) mass is 532 g/mol. The molecule has 10 nitrogen and oxygen atoms in total. The number of amides is 3. The first-order valence-corrected chi connectivity index (χ1v) is 14.1. The zero-order chi connectivity index (χ0) is 27.2. The fourth-order valence-electron chi connectivity index (χ4n) is 5.10. The van der Waals surface area contributed by atoms with Crippen LogP contribution in [-0.4, -0.2) is 67.5 Å². The number of carbonyl (C=O) groups is 3. The van der Waals surface area contributed by atoms with Gasteiger partial charge in [0.25, 0.3) is 0 Å². The van der Waals surface area contributed by atoms with Crippen LogP contribution in [0.5, 0.6) is 5.75 Å². The molecular formula is C28H44N4O6. The second-order valence-electron chi connectivity index (χ2n) is 10.3. The van der Waals surface area contributed by atoms with E-state index in [4.69, 9.17) is 15.2 Å². The first-order valence-electron chi connectivity index (χ1n) is 14.1. The summed E-state index contributed by atoms with van der Waals surface area (Å²) in [5, 5.41) is 18.0. The summed E-state index contributed by atoms with van der Waals surface area (Å²) in [7, 11) is 0. The Kier molecular flexibility index (Phi) is 12.7. The number of urea groups is 1. The number of nitrogens with two attached hydrogens (primary N) is 1. The number of rotatable bonds is 8. The van der Waals surface area contributed by atoms with Gasteiger partial charge in [-0.3, -0.25) is 4.79 Å². The van der Waals surface area contributed by atoms with Crippen LogP contribution in [0.4, 0.5) is 4.79 Å². The molecule has 4 rings (SSSR count). The molecular weight excluding hydrogens is 488 g/mol. The third-order valence-corrected chi connectivity index (χ3v) is 7.33. The molecule has 1 aliphatic carbocycles. The molecule has 2 heterocycles. The van der Waals surface area contributed by atoms with Crippen molar-refractivity contribution in [3.05, 3.63) is 29.8 Å². The quantitative estimate of drug-likeness (QED) is 0.323. The molecule has 2 bridgehead atoms. The summed E-state index contributed by atoms with van der Waals surface area (Å²) < 4.78 is 11.8. The van der Waals surface area contributed by atoms with E-state index in [-0.39, 0.29) is 24.8 Å². The predicted octanol–water partition coefficient (Wildman–Crippen LogP) is 2.73. The fraction of sp³-hybridized carbons (Fsp3) is 0.679. The number of ether oxygens (including phenoxy) is 2. The van der Waals surface area contributed by atoms with E-state index in [0.29, 0.717) is 45.1 Å². The summed E-state index contributed by atoms with van der Waals surface area (Å²) >= 11 is 0. The van der Waals surface area contributed by atoms with Crippen molar-refractivity contribution in [2.24, 2.45) is 11.7 Å². The van der Waals surface area contributed by atoms with Crippen LogP contribution in [-0.2, 0) is 20.7 Å². The van der Waals surface area contributed by atoms with Crippen molar-refractivity contribution in [3.8, 4) is 5.75 Å². The minimum absolute atomic E-state index is 0.148.